The van der Waals surface area contributed by atoms with Crippen LogP contribution in [0.15, 0.2) is 47.5 Å². The smallest absolute Gasteiger partial charge is 0.175 e. The number of sulfone groups is 1. The van der Waals surface area contributed by atoms with Crippen LogP contribution >= 0.6 is 0 Å². The molecule has 3 rings (SSSR count). The first-order valence-corrected chi connectivity index (χ1v) is 11.5. The molecule has 1 atom stereocenters. The lowest BCUT2D eigenvalue weighted by Crippen LogP contribution is -2.39. The van der Waals surface area contributed by atoms with Crippen molar-refractivity contribution < 1.29 is 13.2 Å². The van der Waals surface area contributed by atoms with E-state index in [1.54, 1.807) is 30.5 Å². The summed E-state index contributed by atoms with van der Waals surface area (Å²) >= 11 is 0. The molecular weight excluding hydrogens is 376 g/mol. The van der Waals surface area contributed by atoms with Crippen LogP contribution in [0.5, 0.6) is 5.75 Å². The summed E-state index contributed by atoms with van der Waals surface area (Å²) in [6, 6.07) is 11.0. The van der Waals surface area contributed by atoms with Crippen molar-refractivity contribution in [3.8, 4) is 5.75 Å². The van der Waals surface area contributed by atoms with Gasteiger partial charge in [-0.25, -0.2) is 8.42 Å². The minimum absolute atomic E-state index is 0.309. The summed E-state index contributed by atoms with van der Waals surface area (Å²) in [5.41, 5.74) is 0. The first kappa shape index (κ1) is 20.5. The van der Waals surface area contributed by atoms with Crippen LogP contribution in [0.25, 0.3) is 0 Å². The highest BCUT2D eigenvalue weighted by molar-refractivity contribution is 7.90. The summed E-state index contributed by atoms with van der Waals surface area (Å²) in [6.45, 7) is 3.55. The van der Waals surface area contributed by atoms with E-state index in [1.165, 1.54) is 19.1 Å². The van der Waals surface area contributed by atoms with Crippen molar-refractivity contribution >= 4 is 15.7 Å². The SMILES string of the molecule is CN(CCCOc1ccc(S(C)(=O)=O)cc1)CC1CCCN1c1cccnn1. The molecule has 1 unspecified atom stereocenters. The molecule has 1 aromatic carbocycles. The van der Waals surface area contributed by atoms with E-state index >= 15 is 0 Å². The summed E-state index contributed by atoms with van der Waals surface area (Å²) < 4.78 is 28.7. The highest BCUT2D eigenvalue weighted by atomic mass is 32.2. The molecule has 0 bridgehead atoms. The van der Waals surface area contributed by atoms with E-state index in [1.807, 2.05) is 12.1 Å². The normalized spacial score (nSPS) is 17.2. The molecule has 0 spiro atoms. The summed E-state index contributed by atoms with van der Waals surface area (Å²) in [5.74, 6) is 1.65. The van der Waals surface area contributed by atoms with Gasteiger partial charge in [0.15, 0.2) is 15.7 Å². The van der Waals surface area contributed by atoms with Crippen LogP contribution in [0.1, 0.15) is 19.3 Å². The molecule has 1 aliphatic rings. The van der Waals surface area contributed by atoms with Crippen LogP contribution in [0.3, 0.4) is 0 Å². The lowest BCUT2D eigenvalue weighted by Gasteiger charge is -2.29. The molecule has 2 heterocycles. The minimum Gasteiger partial charge on any atom is -0.494 e. The molecule has 7 nitrogen and oxygen atoms in total. The lowest BCUT2D eigenvalue weighted by atomic mass is 10.2. The summed E-state index contributed by atoms with van der Waals surface area (Å²) in [5, 5.41) is 8.24. The summed E-state index contributed by atoms with van der Waals surface area (Å²) in [4.78, 5) is 4.99. The van der Waals surface area contributed by atoms with Gasteiger partial charge in [-0.05, 0) is 62.7 Å². The standard InChI is InChI=1S/C20H28N4O3S/c1-23(16-17-6-4-14-24(17)20-7-3-12-21-22-20)13-5-15-27-18-8-10-19(11-9-18)28(2,25)26/h3,7-12,17H,4-6,13-16H2,1-2H3. The predicted molar refractivity (Wildman–Crippen MR) is 110 cm³/mol. The number of likely N-dealkylation sites (N-methyl/N-ethyl adjacent to an activating group) is 1. The Morgan fingerprint density at radius 2 is 2.04 bits per heavy atom. The van der Waals surface area contributed by atoms with Gasteiger partial charge >= 0.3 is 0 Å². The Morgan fingerprint density at radius 3 is 2.71 bits per heavy atom. The quantitative estimate of drug-likeness (QED) is 0.593. The van der Waals surface area contributed by atoms with Crippen molar-refractivity contribution in [1.29, 1.82) is 0 Å². The van der Waals surface area contributed by atoms with E-state index in [4.69, 9.17) is 4.74 Å². The van der Waals surface area contributed by atoms with Gasteiger partial charge in [0.2, 0.25) is 0 Å². The van der Waals surface area contributed by atoms with Crippen LogP contribution in [-0.4, -0.2) is 69.1 Å². The maximum Gasteiger partial charge on any atom is 0.175 e. The molecule has 1 saturated heterocycles. The van der Waals surface area contributed by atoms with Gasteiger partial charge in [-0.1, -0.05) is 0 Å². The second-order valence-corrected chi connectivity index (χ2v) is 9.29. The van der Waals surface area contributed by atoms with Crippen LogP contribution < -0.4 is 9.64 Å². The van der Waals surface area contributed by atoms with Crippen molar-refractivity contribution in [2.75, 3.05) is 44.4 Å². The number of hydrogen-bond acceptors (Lipinski definition) is 7. The molecule has 8 heteroatoms. The average molecular weight is 405 g/mol. The first-order valence-electron chi connectivity index (χ1n) is 9.59. The number of hydrogen-bond donors (Lipinski definition) is 0. The Balaban J connectivity index is 1.40. The predicted octanol–water partition coefficient (Wildman–Crippen LogP) is 2.25. The Morgan fingerprint density at radius 1 is 1.25 bits per heavy atom. The van der Waals surface area contributed by atoms with Gasteiger partial charge in [-0.15, -0.1) is 5.10 Å². The molecule has 1 fully saturated rings. The van der Waals surface area contributed by atoms with Crippen LogP contribution in [0.4, 0.5) is 5.82 Å². The van der Waals surface area contributed by atoms with Crippen molar-refractivity contribution in [3.05, 3.63) is 42.6 Å². The number of rotatable bonds is 9. The average Bonchev–Trinajstić information content (AvgIpc) is 3.13. The zero-order valence-corrected chi connectivity index (χ0v) is 17.3. The fraction of sp³-hybridized carbons (Fsp3) is 0.500. The molecule has 2 aromatic rings. The lowest BCUT2D eigenvalue weighted by molar-refractivity contribution is 0.254. The Bertz CT molecular complexity index is 844. The molecule has 0 saturated carbocycles. The van der Waals surface area contributed by atoms with Gasteiger partial charge in [-0.3, -0.25) is 0 Å². The fourth-order valence-corrected chi connectivity index (χ4v) is 4.16. The maximum absolute atomic E-state index is 11.5. The maximum atomic E-state index is 11.5. The van der Waals surface area contributed by atoms with Gasteiger partial charge in [0, 0.05) is 38.1 Å². The Kier molecular flexibility index (Phi) is 6.85. The van der Waals surface area contributed by atoms with Crippen molar-refractivity contribution in [1.82, 2.24) is 15.1 Å². The van der Waals surface area contributed by atoms with Gasteiger partial charge in [0.05, 0.1) is 11.5 Å². The third kappa shape index (κ3) is 5.65. The van der Waals surface area contributed by atoms with E-state index in [0.717, 1.165) is 31.9 Å². The van der Waals surface area contributed by atoms with E-state index in [-0.39, 0.29) is 0 Å². The molecular formula is C20H28N4O3S. The number of ether oxygens (including phenoxy) is 1. The van der Waals surface area contributed by atoms with Crippen molar-refractivity contribution in [3.63, 3.8) is 0 Å². The first-order chi connectivity index (χ1) is 13.4. The van der Waals surface area contributed by atoms with Crippen LogP contribution in [0.2, 0.25) is 0 Å². The zero-order chi connectivity index (χ0) is 20.0. The number of benzene rings is 1. The van der Waals surface area contributed by atoms with Crippen LogP contribution in [0, 0.1) is 0 Å². The summed E-state index contributed by atoms with van der Waals surface area (Å²) in [6.07, 6.45) is 6.16. The Hall–Kier alpha value is -2.19. The van der Waals surface area contributed by atoms with Crippen molar-refractivity contribution in [2.24, 2.45) is 0 Å². The highest BCUT2D eigenvalue weighted by Crippen LogP contribution is 2.23. The molecule has 0 N–H and O–H groups in total. The van der Waals surface area contributed by atoms with E-state index < -0.39 is 9.84 Å². The largest absolute Gasteiger partial charge is 0.494 e. The minimum atomic E-state index is -3.17. The highest BCUT2D eigenvalue weighted by Gasteiger charge is 2.26. The summed E-state index contributed by atoms with van der Waals surface area (Å²) in [7, 11) is -1.03. The van der Waals surface area contributed by atoms with Crippen LogP contribution in [-0.2, 0) is 9.84 Å². The topological polar surface area (TPSA) is 75.6 Å². The molecule has 152 valence electrons. The number of anilines is 1. The third-order valence-corrected chi connectivity index (χ3v) is 6.09. The molecule has 0 radical (unpaired) electrons. The molecule has 0 aliphatic carbocycles. The van der Waals surface area contributed by atoms with Gasteiger partial charge < -0.3 is 14.5 Å². The molecule has 1 aromatic heterocycles. The van der Waals surface area contributed by atoms with E-state index in [0.29, 0.717) is 23.3 Å². The molecule has 1 aliphatic heterocycles. The Labute approximate surface area is 167 Å². The van der Waals surface area contributed by atoms with Crippen molar-refractivity contribution in [2.45, 2.75) is 30.2 Å². The molecule has 28 heavy (non-hydrogen) atoms. The molecule has 0 amide bonds. The number of nitrogens with zero attached hydrogens (tertiary/aromatic N) is 4. The monoisotopic (exact) mass is 404 g/mol. The fourth-order valence-electron chi connectivity index (χ4n) is 3.53. The number of aromatic nitrogens is 2. The van der Waals surface area contributed by atoms with E-state index in [9.17, 15) is 8.42 Å². The van der Waals surface area contributed by atoms with Gasteiger partial charge in [0.25, 0.3) is 0 Å². The third-order valence-electron chi connectivity index (χ3n) is 4.96. The second kappa shape index (κ2) is 9.34. The second-order valence-electron chi connectivity index (χ2n) is 7.28. The van der Waals surface area contributed by atoms with Gasteiger partial charge in [0.1, 0.15) is 5.75 Å². The van der Waals surface area contributed by atoms with E-state index in [2.05, 4.69) is 27.0 Å². The zero-order valence-electron chi connectivity index (χ0n) is 16.5. The van der Waals surface area contributed by atoms with Gasteiger partial charge in [-0.2, -0.15) is 5.10 Å².